The number of aryl methyl sites for hydroxylation is 1. The molecule has 1 saturated heterocycles. The Balaban J connectivity index is 1.49. The van der Waals surface area contributed by atoms with Crippen LogP contribution in [0.4, 0.5) is 0 Å². The SMILES string of the molecule is CN1CCC(C(=O)NC2CCCC23CCCC3)C(c2cnn(C)c2)C1. The van der Waals surface area contributed by atoms with E-state index >= 15 is 0 Å². The zero-order valence-electron chi connectivity index (χ0n) is 15.7. The van der Waals surface area contributed by atoms with Crippen LogP contribution < -0.4 is 5.32 Å². The third-order valence-corrected chi connectivity index (χ3v) is 7.13. The van der Waals surface area contributed by atoms with Crippen LogP contribution in [0, 0.1) is 11.3 Å². The largest absolute Gasteiger partial charge is 0.353 e. The van der Waals surface area contributed by atoms with Crippen molar-refractivity contribution < 1.29 is 4.79 Å². The molecule has 4 rings (SSSR count). The highest BCUT2D eigenvalue weighted by Gasteiger charge is 2.46. The van der Waals surface area contributed by atoms with Crippen LogP contribution in [0.3, 0.4) is 0 Å². The Morgan fingerprint density at radius 2 is 1.96 bits per heavy atom. The standard InChI is InChI=1S/C20H32N4O/c1-23-11-7-16(17(14-23)15-12-21-24(2)13-15)19(25)22-18-6-5-10-20(18)8-3-4-9-20/h12-13,16-18H,3-11,14H2,1-2H3,(H,22,25). The van der Waals surface area contributed by atoms with Gasteiger partial charge in [-0.15, -0.1) is 0 Å². The highest BCUT2D eigenvalue weighted by molar-refractivity contribution is 5.80. The molecule has 2 heterocycles. The third kappa shape index (κ3) is 3.23. The van der Waals surface area contributed by atoms with Crippen LogP contribution in [0.5, 0.6) is 0 Å². The summed E-state index contributed by atoms with van der Waals surface area (Å²) >= 11 is 0. The van der Waals surface area contributed by atoms with E-state index < -0.39 is 0 Å². The number of amides is 1. The molecule has 5 nitrogen and oxygen atoms in total. The van der Waals surface area contributed by atoms with Gasteiger partial charge in [-0.25, -0.2) is 0 Å². The van der Waals surface area contributed by atoms with Gasteiger partial charge in [0.1, 0.15) is 0 Å². The molecule has 25 heavy (non-hydrogen) atoms. The second-order valence-corrected chi connectivity index (χ2v) is 8.73. The van der Waals surface area contributed by atoms with Crippen LogP contribution in [0.15, 0.2) is 12.4 Å². The monoisotopic (exact) mass is 344 g/mol. The molecule has 1 aliphatic heterocycles. The summed E-state index contributed by atoms with van der Waals surface area (Å²) in [5, 5.41) is 7.86. The zero-order valence-corrected chi connectivity index (χ0v) is 15.7. The Labute approximate surface area is 151 Å². The molecule has 1 amide bonds. The van der Waals surface area contributed by atoms with Crippen molar-refractivity contribution in [3.8, 4) is 0 Å². The smallest absolute Gasteiger partial charge is 0.224 e. The van der Waals surface area contributed by atoms with Gasteiger partial charge in [-0.05, 0) is 56.7 Å². The van der Waals surface area contributed by atoms with Crippen LogP contribution in [-0.2, 0) is 11.8 Å². The topological polar surface area (TPSA) is 50.2 Å². The van der Waals surface area contributed by atoms with Crippen LogP contribution in [0.1, 0.15) is 62.8 Å². The summed E-state index contributed by atoms with van der Waals surface area (Å²) in [5.41, 5.74) is 1.63. The fourth-order valence-electron chi connectivity index (χ4n) is 5.72. The molecule has 1 aromatic rings. The van der Waals surface area contributed by atoms with E-state index in [-0.39, 0.29) is 11.8 Å². The van der Waals surface area contributed by atoms with E-state index in [0.717, 1.165) is 19.5 Å². The number of hydrogen-bond donors (Lipinski definition) is 1. The summed E-state index contributed by atoms with van der Waals surface area (Å²) in [4.78, 5) is 15.6. The fraction of sp³-hybridized carbons (Fsp3) is 0.800. The van der Waals surface area contributed by atoms with E-state index in [2.05, 4.69) is 28.6 Å². The van der Waals surface area contributed by atoms with Gasteiger partial charge in [0.15, 0.2) is 0 Å². The third-order valence-electron chi connectivity index (χ3n) is 7.13. The van der Waals surface area contributed by atoms with E-state index in [9.17, 15) is 4.79 Å². The molecule has 1 N–H and O–H groups in total. The first-order valence-electron chi connectivity index (χ1n) is 10.0. The van der Waals surface area contributed by atoms with Crippen LogP contribution in [0.2, 0.25) is 0 Å². The van der Waals surface area contributed by atoms with E-state index in [1.54, 1.807) is 0 Å². The number of carbonyl (C=O) groups excluding carboxylic acids is 1. The summed E-state index contributed by atoms with van der Waals surface area (Å²) < 4.78 is 1.85. The lowest BCUT2D eigenvalue weighted by Crippen LogP contribution is -2.49. The molecule has 1 spiro atoms. The maximum absolute atomic E-state index is 13.2. The summed E-state index contributed by atoms with van der Waals surface area (Å²) in [6.07, 6.45) is 14.1. The quantitative estimate of drug-likeness (QED) is 0.917. The molecule has 5 heteroatoms. The molecule has 1 aromatic heterocycles. The molecule has 0 aromatic carbocycles. The molecule has 0 bridgehead atoms. The Kier molecular flexibility index (Phi) is 4.61. The van der Waals surface area contributed by atoms with E-state index in [1.807, 2.05) is 17.9 Å². The van der Waals surface area contributed by atoms with Gasteiger partial charge in [0.05, 0.1) is 6.20 Å². The van der Waals surface area contributed by atoms with Crippen molar-refractivity contribution in [2.75, 3.05) is 20.1 Å². The van der Waals surface area contributed by atoms with Crippen molar-refractivity contribution >= 4 is 5.91 Å². The molecule has 2 aliphatic carbocycles. The number of nitrogens with one attached hydrogen (secondary N) is 1. The first-order valence-corrected chi connectivity index (χ1v) is 10.0. The van der Waals surface area contributed by atoms with Crippen LogP contribution in [-0.4, -0.2) is 46.8 Å². The number of piperidine rings is 1. The van der Waals surface area contributed by atoms with Crippen molar-refractivity contribution in [1.82, 2.24) is 20.0 Å². The van der Waals surface area contributed by atoms with Crippen LogP contribution >= 0.6 is 0 Å². The number of aromatic nitrogens is 2. The highest BCUT2D eigenvalue weighted by Crippen LogP contribution is 2.50. The van der Waals surface area contributed by atoms with Gasteiger partial charge in [0, 0.05) is 37.7 Å². The number of carbonyl (C=O) groups is 1. The van der Waals surface area contributed by atoms with E-state index in [0.29, 0.717) is 17.4 Å². The number of nitrogens with zero attached hydrogens (tertiary/aromatic N) is 3. The summed E-state index contributed by atoms with van der Waals surface area (Å²) in [6.45, 7) is 1.95. The normalized spacial score (nSPS) is 32.3. The number of likely N-dealkylation sites (N-methyl/N-ethyl adjacent to an activating group) is 1. The van der Waals surface area contributed by atoms with E-state index in [1.165, 1.54) is 50.5 Å². The molecule has 2 saturated carbocycles. The number of rotatable bonds is 3. The minimum Gasteiger partial charge on any atom is -0.353 e. The lowest BCUT2D eigenvalue weighted by atomic mass is 9.78. The Morgan fingerprint density at radius 1 is 1.20 bits per heavy atom. The number of likely N-dealkylation sites (tertiary alicyclic amines) is 1. The lowest BCUT2D eigenvalue weighted by molar-refractivity contribution is -0.128. The first-order chi connectivity index (χ1) is 12.1. The summed E-state index contributed by atoms with van der Waals surface area (Å²) in [7, 11) is 4.11. The summed E-state index contributed by atoms with van der Waals surface area (Å²) in [5.74, 6) is 0.632. The van der Waals surface area contributed by atoms with Crippen molar-refractivity contribution in [3.05, 3.63) is 18.0 Å². The molecule has 138 valence electrons. The van der Waals surface area contributed by atoms with Gasteiger partial charge < -0.3 is 10.2 Å². The van der Waals surface area contributed by atoms with Crippen molar-refractivity contribution in [1.29, 1.82) is 0 Å². The van der Waals surface area contributed by atoms with Gasteiger partial charge in [-0.3, -0.25) is 9.48 Å². The summed E-state index contributed by atoms with van der Waals surface area (Å²) in [6, 6.07) is 0.414. The second kappa shape index (κ2) is 6.75. The second-order valence-electron chi connectivity index (χ2n) is 8.73. The highest BCUT2D eigenvalue weighted by atomic mass is 16.2. The molecule has 3 fully saturated rings. The predicted molar refractivity (Wildman–Crippen MR) is 98.2 cm³/mol. The minimum atomic E-state index is 0.0828. The first kappa shape index (κ1) is 17.1. The molecular formula is C20H32N4O. The molecule has 0 radical (unpaired) electrons. The van der Waals surface area contributed by atoms with Gasteiger partial charge in [0.2, 0.25) is 5.91 Å². The van der Waals surface area contributed by atoms with Crippen molar-refractivity contribution in [2.24, 2.45) is 18.4 Å². The van der Waals surface area contributed by atoms with Crippen molar-refractivity contribution in [2.45, 2.75) is 63.3 Å². The van der Waals surface area contributed by atoms with Crippen LogP contribution in [0.25, 0.3) is 0 Å². The van der Waals surface area contributed by atoms with Gasteiger partial charge >= 0.3 is 0 Å². The van der Waals surface area contributed by atoms with Gasteiger partial charge in [0.25, 0.3) is 0 Å². The lowest BCUT2D eigenvalue weighted by Gasteiger charge is -2.38. The molecule has 3 unspecified atom stereocenters. The maximum atomic E-state index is 13.2. The predicted octanol–water partition coefficient (Wildman–Crippen LogP) is 2.68. The average molecular weight is 345 g/mol. The zero-order chi connectivity index (χ0) is 17.4. The Morgan fingerprint density at radius 3 is 2.68 bits per heavy atom. The Bertz CT molecular complexity index is 613. The van der Waals surface area contributed by atoms with Crippen molar-refractivity contribution in [3.63, 3.8) is 0 Å². The molecular weight excluding hydrogens is 312 g/mol. The fourth-order valence-corrected chi connectivity index (χ4v) is 5.72. The van der Waals surface area contributed by atoms with Gasteiger partial charge in [-0.1, -0.05) is 19.3 Å². The average Bonchev–Trinajstić information content (AvgIpc) is 3.31. The Hall–Kier alpha value is -1.36. The van der Waals surface area contributed by atoms with Gasteiger partial charge in [-0.2, -0.15) is 5.10 Å². The number of hydrogen-bond acceptors (Lipinski definition) is 3. The van der Waals surface area contributed by atoms with E-state index in [4.69, 9.17) is 0 Å². The maximum Gasteiger partial charge on any atom is 0.224 e. The minimum absolute atomic E-state index is 0.0828. The molecule has 3 aliphatic rings. The molecule has 3 atom stereocenters.